The van der Waals surface area contributed by atoms with Crippen molar-refractivity contribution in [1.82, 2.24) is 14.3 Å². The van der Waals surface area contributed by atoms with Gasteiger partial charge in [0, 0.05) is 44.4 Å². The molecule has 3 aromatic rings. The van der Waals surface area contributed by atoms with Crippen LogP contribution in [0, 0.1) is 5.82 Å². The van der Waals surface area contributed by atoms with E-state index in [0.717, 1.165) is 24.2 Å². The summed E-state index contributed by atoms with van der Waals surface area (Å²) in [5, 5.41) is 0. The predicted octanol–water partition coefficient (Wildman–Crippen LogP) is 3.09. The van der Waals surface area contributed by atoms with Gasteiger partial charge in [0.2, 0.25) is 5.91 Å². The Kier molecular flexibility index (Phi) is 4.56. The molecule has 1 amide bonds. The van der Waals surface area contributed by atoms with E-state index < -0.39 is 0 Å². The van der Waals surface area contributed by atoms with Gasteiger partial charge in [0.25, 0.3) is 0 Å². The first-order valence-corrected chi connectivity index (χ1v) is 8.80. The molecule has 0 unspecified atom stereocenters. The zero-order valence-electron chi connectivity index (χ0n) is 14.3. The summed E-state index contributed by atoms with van der Waals surface area (Å²) in [6, 6.07) is 12.0. The SMILES string of the molecule is O=C(Cc1cnc2ccccn12)N1CCC(Oc2cccc(F)c2)CC1. The second-order valence-electron chi connectivity index (χ2n) is 6.51. The maximum atomic E-state index is 13.2. The van der Waals surface area contributed by atoms with Crippen molar-refractivity contribution in [1.29, 1.82) is 0 Å². The Balaban J connectivity index is 1.33. The van der Waals surface area contributed by atoms with Crippen LogP contribution in [-0.4, -0.2) is 39.4 Å². The fourth-order valence-corrected chi connectivity index (χ4v) is 3.34. The van der Waals surface area contributed by atoms with Crippen LogP contribution >= 0.6 is 0 Å². The van der Waals surface area contributed by atoms with Crippen molar-refractivity contribution in [3.63, 3.8) is 0 Å². The lowest BCUT2D eigenvalue weighted by atomic mass is 10.1. The number of aromatic nitrogens is 2. The van der Waals surface area contributed by atoms with Gasteiger partial charge in [0.1, 0.15) is 23.3 Å². The van der Waals surface area contributed by atoms with Crippen LogP contribution in [0.3, 0.4) is 0 Å². The van der Waals surface area contributed by atoms with Crippen LogP contribution in [0.4, 0.5) is 4.39 Å². The highest BCUT2D eigenvalue weighted by Gasteiger charge is 2.24. The highest BCUT2D eigenvalue weighted by Crippen LogP contribution is 2.20. The number of carbonyl (C=O) groups is 1. The number of hydrogen-bond acceptors (Lipinski definition) is 3. The second-order valence-corrected chi connectivity index (χ2v) is 6.51. The summed E-state index contributed by atoms with van der Waals surface area (Å²) in [6.07, 6.45) is 5.51. The van der Waals surface area contributed by atoms with Crippen LogP contribution in [0.25, 0.3) is 5.65 Å². The first kappa shape index (κ1) is 16.6. The van der Waals surface area contributed by atoms with Crippen LogP contribution in [0.2, 0.25) is 0 Å². The highest BCUT2D eigenvalue weighted by molar-refractivity contribution is 5.78. The molecule has 0 atom stereocenters. The Morgan fingerprint density at radius 1 is 1.19 bits per heavy atom. The number of fused-ring (bicyclic) bond motifs is 1. The number of rotatable bonds is 4. The zero-order chi connectivity index (χ0) is 17.9. The van der Waals surface area contributed by atoms with Gasteiger partial charge in [-0.3, -0.25) is 4.79 Å². The van der Waals surface area contributed by atoms with Gasteiger partial charge in [-0.1, -0.05) is 12.1 Å². The molecule has 3 heterocycles. The van der Waals surface area contributed by atoms with Gasteiger partial charge < -0.3 is 14.0 Å². The fraction of sp³-hybridized carbons (Fsp3) is 0.300. The van der Waals surface area contributed by atoms with Crippen LogP contribution in [0.15, 0.2) is 54.9 Å². The largest absolute Gasteiger partial charge is 0.490 e. The summed E-state index contributed by atoms with van der Waals surface area (Å²) in [4.78, 5) is 18.8. The molecule has 26 heavy (non-hydrogen) atoms. The molecule has 0 N–H and O–H groups in total. The first-order valence-electron chi connectivity index (χ1n) is 8.80. The Labute approximate surface area is 151 Å². The molecule has 0 aliphatic carbocycles. The zero-order valence-corrected chi connectivity index (χ0v) is 14.3. The number of nitrogens with zero attached hydrogens (tertiary/aromatic N) is 3. The maximum absolute atomic E-state index is 13.2. The average molecular weight is 353 g/mol. The van der Waals surface area contributed by atoms with Crippen molar-refractivity contribution in [2.75, 3.05) is 13.1 Å². The van der Waals surface area contributed by atoms with Gasteiger partial charge in [0.15, 0.2) is 0 Å². The van der Waals surface area contributed by atoms with Gasteiger partial charge in [-0.05, 0) is 24.3 Å². The Bertz CT molecular complexity index is 916. The van der Waals surface area contributed by atoms with Crippen molar-refractivity contribution in [2.45, 2.75) is 25.4 Å². The van der Waals surface area contributed by atoms with Crippen LogP contribution in [0.1, 0.15) is 18.5 Å². The molecule has 1 fully saturated rings. The average Bonchev–Trinajstić information content (AvgIpc) is 3.05. The standard InChI is InChI=1S/C20H20FN3O2/c21-15-4-3-5-18(12-15)26-17-7-10-23(11-8-17)20(25)13-16-14-22-19-6-1-2-9-24(16)19/h1-6,9,12,14,17H,7-8,10-11,13H2. The fourth-order valence-electron chi connectivity index (χ4n) is 3.34. The van der Waals surface area contributed by atoms with Crippen LogP contribution in [-0.2, 0) is 11.2 Å². The number of pyridine rings is 1. The Morgan fingerprint density at radius 3 is 2.85 bits per heavy atom. The van der Waals surface area contributed by atoms with Gasteiger partial charge in [-0.2, -0.15) is 0 Å². The van der Waals surface area contributed by atoms with Gasteiger partial charge in [-0.25, -0.2) is 9.37 Å². The molecule has 1 aliphatic rings. The second kappa shape index (κ2) is 7.15. The Morgan fingerprint density at radius 2 is 2.04 bits per heavy atom. The third-order valence-corrected chi connectivity index (χ3v) is 4.72. The normalized spacial score (nSPS) is 15.3. The molecule has 5 nitrogen and oxygen atoms in total. The van der Waals surface area contributed by atoms with E-state index in [9.17, 15) is 9.18 Å². The quantitative estimate of drug-likeness (QED) is 0.724. The molecule has 2 aromatic heterocycles. The number of carbonyl (C=O) groups excluding carboxylic acids is 1. The summed E-state index contributed by atoms with van der Waals surface area (Å²) in [5.74, 6) is 0.337. The molecular formula is C20H20FN3O2. The van der Waals surface area contributed by atoms with Crippen molar-refractivity contribution >= 4 is 11.6 Å². The molecule has 1 aromatic carbocycles. The third-order valence-electron chi connectivity index (χ3n) is 4.72. The number of amides is 1. The Hall–Kier alpha value is -2.89. The molecule has 1 saturated heterocycles. The minimum atomic E-state index is -0.303. The van der Waals surface area contributed by atoms with Crippen LogP contribution in [0.5, 0.6) is 5.75 Å². The topological polar surface area (TPSA) is 46.8 Å². The molecule has 0 radical (unpaired) electrons. The lowest BCUT2D eigenvalue weighted by Gasteiger charge is -2.32. The summed E-state index contributed by atoms with van der Waals surface area (Å²) < 4.78 is 21.0. The highest BCUT2D eigenvalue weighted by atomic mass is 19.1. The van der Waals surface area contributed by atoms with Gasteiger partial charge in [-0.15, -0.1) is 0 Å². The summed E-state index contributed by atoms with van der Waals surface area (Å²) in [5.41, 5.74) is 1.74. The van der Waals surface area contributed by atoms with Crippen molar-refractivity contribution in [3.05, 3.63) is 66.4 Å². The summed E-state index contributed by atoms with van der Waals surface area (Å²) >= 11 is 0. The molecule has 0 bridgehead atoms. The van der Waals surface area contributed by atoms with E-state index in [0.29, 0.717) is 25.3 Å². The van der Waals surface area contributed by atoms with E-state index in [1.54, 1.807) is 18.3 Å². The molecule has 6 heteroatoms. The molecule has 1 aliphatic heterocycles. The minimum absolute atomic E-state index is 0.0108. The molecule has 0 saturated carbocycles. The van der Waals surface area contributed by atoms with Crippen molar-refractivity contribution < 1.29 is 13.9 Å². The van der Waals surface area contributed by atoms with E-state index in [1.807, 2.05) is 33.7 Å². The monoisotopic (exact) mass is 353 g/mol. The number of likely N-dealkylation sites (tertiary alicyclic amines) is 1. The first-order chi connectivity index (χ1) is 12.7. The van der Waals surface area contributed by atoms with Crippen LogP contribution < -0.4 is 4.74 Å². The predicted molar refractivity (Wildman–Crippen MR) is 95.5 cm³/mol. The number of ether oxygens (including phenoxy) is 1. The van der Waals surface area contributed by atoms with E-state index in [4.69, 9.17) is 4.74 Å². The molecule has 4 rings (SSSR count). The molecular weight excluding hydrogens is 333 g/mol. The number of benzene rings is 1. The summed E-state index contributed by atoms with van der Waals surface area (Å²) in [6.45, 7) is 1.30. The summed E-state index contributed by atoms with van der Waals surface area (Å²) in [7, 11) is 0. The molecule has 134 valence electrons. The third kappa shape index (κ3) is 3.54. The van der Waals surface area contributed by atoms with Crippen molar-refractivity contribution in [3.8, 4) is 5.75 Å². The number of halogens is 1. The smallest absolute Gasteiger partial charge is 0.228 e. The van der Waals surface area contributed by atoms with E-state index in [1.165, 1.54) is 12.1 Å². The maximum Gasteiger partial charge on any atom is 0.228 e. The van der Waals surface area contributed by atoms with E-state index in [2.05, 4.69) is 4.98 Å². The van der Waals surface area contributed by atoms with Gasteiger partial charge in [0.05, 0.1) is 12.1 Å². The van der Waals surface area contributed by atoms with E-state index >= 15 is 0 Å². The lowest BCUT2D eigenvalue weighted by Crippen LogP contribution is -2.42. The lowest BCUT2D eigenvalue weighted by molar-refractivity contribution is -0.132. The number of hydrogen-bond donors (Lipinski definition) is 0. The minimum Gasteiger partial charge on any atom is -0.490 e. The number of piperidine rings is 1. The van der Waals surface area contributed by atoms with Crippen molar-refractivity contribution in [2.24, 2.45) is 0 Å². The molecule has 0 spiro atoms. The van der Waals surface area contributed by atoms with Gasteiger partial charge >= 0.3 is 0 Å². The van der Waals surface area contributed by atoms with E-state index in [-0.39, 0.29) is 17.8 Å². The number of imidazole rings is 1.